The topological polar surface area (TPSA) is 70.2 Å². The first-order valence-electron chi connectivity index (χ1n) is 6.49. The van der Waals surface area contributed by atoms with Gasteiger partial charge in [0, 0.05) is 24.3 Å². The second-order valence-corrected chi connectivity index (χ2v) is 5.12. The maximum absolute atomic E-state index is 11.0. The van der Waals surface area contributed by atoms with Crippen LogP contribution in [0.4, 0.5) is 11.4 Å². The van der Waals surface area contributed by atoms with Crippen molar-refractivity contribution in [2.45, 2.75) is 32.7 Å². The van der Waals surface area contributed by atoms with Crippen LogP contribution in [0.25, 0.3) is 0 Å². The third kappa shape index (κ3) is 2.53. The van der Waals surface area contributed by atoms with Gasteiger partial charge >= 0.3 is 0 Å². The summed E-state index contributed by atoms with van der Waals surface area (Å²) in [6.07, 6.45) is 2.29. The Morgan fingerprint density at radius 1 is 1.47 bits per heavy atom. The van der Waals surface area contributed by atoms with E-state index in [0.717, 1.165) is 18.7 Å². The highest BCUT2D eigenvalue weighted by Gasteiger charge is 2.26. The Hall–Kier alpha value is -2.09. The molecule has 2 unspecified atom stereocenters. The largest absolute Gasteiger partial charge is 0.368 e. The fourth-order valence-electron chi connectivity index (χ4n) is 2.64. The van der Waals surface area contributed by atoms with Gasteiger partial charge in [-0.1, -0.05) is 6.92 Å². The van der Waals surface area contributed by atoms with Crippen LogP contribution in [0.5, 0.6) is 0 Å². The molecule has 100 valence electrons. The van der Waals surface area contributed by atoms with Gasteiger partial charge in [0.05, 0.1) is 4.92 Å². The van der Waals surface area contributed by atoms with Gasteiger partial charge < -0.3 is 4.90 Å². The van der Waals surface area contributed by atoms with Crippen molar-refractivity contribution in [1.82, 2.24) is 0 Å². The van der Waals surface area contributed by atoms with Crippen LogP contribution in [0, 0.1) is 27.4 Å². The van der Waals surface area contributed by atoms with Crippen molar-refractivity contribution in [2.24, 2.45) is 5.92 Å². The van der Waals surface area contributed by atoms with Crippen molar-refractivity contribution >= 4 is 11.4 Å². The molecule has 1 heterocycles. The molecule has 1 fully saturated rings. The van der Waals surface area contributed by atoms with Crippen molar-refractivity contribution < 1.29 is 4.92 Å². The van der Waals surface area contributed by atoms with E-state index in [2.05, 4.69) is 18.7 Å². The minimum atomic E-state index is -0.486. The summed E-state index contributed by atoms with van der Waals surface area (Å²) in [5.41, 5.74) is 0.849. The normalized spacial score (nSPS) is 22.9. The number of piperidine rings is 1. The fourth-order valence-corrected chi connectivity index (χ4v) is 2.64. The van der Waals surface area contributed by atoms with Crippen molar-refractivity contribution in [1.29, 1.82) is 5.26 Å². The third-order valence-corrected chi connectivity index (χ3v) is 4.00. The van der Waals surface area contributed by atoms with Gasteiger partial charge in [-0.15, -0.1) is 0 Å². The van der Waals surface area contributed by atoms with E-state index in [9.17, 15) is 10.1 Å². The van der Waals surface area contributed by atoms with Gasteiger partial charge in [0.1, 0.15) is 11.6 Å². The van der Waals surface area contributed by atoms with Gasteiger partial charge in [-0.25, -0.2) is 0 Å². The lowest BCUT2D eigenvalue weighted by Crippen LogP contribution is -2.42. The average Bonchev–Trinajstić information content (AvgIpc) is 2.41. The maximum atomic E-state index is 11.0. The van der Waals surface area contributed by atoms with E-state index in [1.54, 1.807) is 12.1 Å². The zero-order chi connectivity index (χ0) is 14.0. The molecule has 2 rings (SSSR count). The van der Waals surface area contributed by atoms with E-state index >= 15 is 0 Å². The van der Waals surface area contributed by atoms with Crippen molar-refractivity contribution in [3.05, 3.63) is 33.9 Å². The van der Waals surface area contributed by atoms with E-state index in [4.69, 9.17) is 5.26 Å². The molecule has 1 saturated heterocycles. The lowest BCUT2D eigenvalue weighted by atomic mass is 9.91. The van der Waals surface area contributed by atoms with E-state index in [1.807, 2.05) is 6.07 Å². The Morgan fingerprint density at radius 3 is 2.84 bits per heavy atom. The number of benzene rings is 1. The minimum Gasteiger partial charge on any atom is -0.368 e. The standard InChI is InChI=1S/C14H17N3O2/c1-10-4-3-7-16(11(10)2)13-6-5-12(9-15)14(8-13)17(18)19/h5-6,8,10-11H,3-4,7H2,1-2H3. The number of nitro benzene ring substituents is 1. The first-order valence-corrected chi connectivity index (χ1v) is 6.49. The molecule has 2 atom stereocenters. The summed E-state index contributed by atoms with van der Waals surface area (Å²) in [6, 6.07) is 7.10. The molecule has 0 spiro atoms. The summed E-state index contributed by atoms with van der Waals surface area (Å²) in [6.45, 7) is 5.26. The number of nitrogens with zero attached hydrogens (tertiary/aromatic N) is 3. The molecular weight excluding hydrogens is 242 g/mol. The Morgan fingerprint density at radius 2 is 2.21 bits per heavy atom. The molecule has 0 radical (unpaired) electrons. The van der Waals surface area contributed by atoms with Crippen molar-refractivity contribution in [3.63, 3.8) is 0 Å². The van der Waals surface area contributed by atoms with E-state index in [0.29, 0.717) is 12.0 Å². The van der Waals surface area contributed by atoms with Crippen molar-refractivity contribution in [2.75, 3.05) is 11.4 Å². The monoisotopic (exact) mass is 259 g/mol. The molecule has 0 aliphatic carbocycles. The summed E-state index contributed by atoms with van der Waals surface area (Å²) in [7, 11) is 0. The van der Waals surface area contributed by atoms with Crippen LogP contribution in [0.15, 0.2) is 18.2 Å². The highest BCUT2D eigenvalue weighted by Crippen LogP contribution is 2.31. The molecule has 0 N–H and O–H groups in total. The Labute approximate surface area is 112 Å². The number of rotatable bonds is 2. The molecule has 0 amide bonds. The van der Waals surface area contributed by atoms with Crippen LogP contribution in [-0.2, 0) is 0 Å². The number of hydrogen-bond acceptors (Lipinski definition) is 4. The van der Waals surface area contributed by atoms with Gasteiger partial charge in [-0.2, -0.15) is 5.26 Å². The van der Waals surface area contributed by atoms with Crippen LogP contribution in [0.2, 0.25) is 0 Å². The third-order valence-electron chi connectivity index (χ3n) is 4.00. The van der Waals surface area contributed by atoms with E-state index in [-0.39, 0.29) is 11.3 Å². The summed E-state index contributed by atoms with van der Waals surface area (Å²) in [5, 5.41) is 19.9. The predicted octanol–water partition coefficient (Wildman–Crippen LogP) is 3.09. The SMILES string of the molecule is CC1CCCN(c2ccc(C#N)c([N+](=O)[O-])c2)C1C. The zero-order valence-electron chi connectivity index (χ0n) is 11.2. The lowest BCUT2D eigenvalue weighted by molar-refractivity contribution is -0.385. The molecule has 0 aromatic heterocycles. The second kappa shape index (κ2) is 5.27. The Kier molecular flexibility index (Phi) is 3.70. The van der Waals surface area contributed by atoms with Crippen LogP contribution in [0.3, 0.4) is 0 Å². The predicted molar refractivity (Wildman–Crippen MR) is 73.0 cm³/mol. The summed E-state index contributed by atoms with van der Waals surface area (Å²) in [4.78, 5) is 12.7. The molecular formula is C14H17N3O2. The molecule has 0 bridgehead atoms. The zero-order valence-corrected chi connectivity index (χ0v) is 11.2. The van der Waals surface area contributed by atoms with Crippen LogP contribution in [-0.4, -0.2) is 17.5 Å². The average molecular weight is 259 g/mol. The molecule has 5 nitrogen and oxygen atoms in total. The summed E-state index contributed by atoms with van der Waals surface area (Å²) < 4.78 is 0. The summed E-state index contributed by atoms with van der Waals surface area (Å²) in [5.74, 6) is 0.573. The Bertz CT molecular complexity index is 536. The second-order valence-electron chi connectivity index (χ2n) is 5.12. The minimum absolute atomic E-state index is 0.106. The highest BCUT2D eigenvalue weighted by molar-refractivity contribution is 5.60. The highest BCUT2D eigenvalue weighted by atomic mass is 16.6. The van der Waals surface area contributed by atoms with Crippen LogP contribution >= 0.6 is 0 Å². The molecule has 0 saturated carbocycles. The first kappa shape index (κ1) is 13.3. The van der Waals surface area contributed by atoms with Crippen molar-refractivity contribution in [3.8, 4) is 6.07 Å². The maximum Gasteiger partial charge on any atom is 0.289 e. The van der Waals surface area contributed by atoms with Gasteiger partial charge in [0.15, 0.2) is 0 Å². The molecule has 5 heteroatoms. The smallest absolute Gasteiger partial charge is 0.289 e. The van der Waals surface area contributed by atoms with Gasteiger partial charge in [0.2, 0.25) is 0 Å². The number of nitro groups is 1. The molecule has 1 aromatic rings. The quantitative estimate of drug-likeness (QED) is 0.604. The summed E-state index contributed by atoms with van der Waals surface area (Å²) >= 11 is 0. The molecule has 1 aromatic carbocycles. The van der Waals surface area contributed by atoms with E-state index < -0.39 is 4.92 Å². The van der Waals surface area contributed by atoms with Gasteiger partial charge in [0.25, 0.3) is 5.69 Å². The molecule has 1 aliphatic rings. The van der Waals surface area contributed by atoms with Crippen LogP contribution in [0.1, 0.15) is 32.3 Å². The van der Waals surface area contributed by atoms with E-state index in [1.165, 1.54) is 12.5 Å². The molecule has 19 heavy (non-hydrogen) atoms. The lowest BCUT2D eigenvalue weighted by Gasteiger charge is -2.39. The number of anilines is 1. The molecule has 1 aliphatic heterocycles. The van der Waals surface area contributed by atoms with Gasteiger partial charge in [-0.3, -0.25) is 10.1 Å². The Balaban J connectivity index is 2.38. The number of nitriles is 1. The number of hydrogen-bond donors (Lipinski definition) is 0. The van der Waals surface area contributed by atoms with Gasteiger partial charge in [-0.05, 0) is 37.8 Å². The fraction of sp³-hybridized carbons (Fsp3) is 0.500. The first-order chi connectivity index (χ1) is 9.04. The van der Waals surface area contributed by atoms with Crippen LogP contribution < -0.4 is 4.90 Å².